The van der Waals surface area contributed by atoms with Crippen molar-refractivity contribution in [3.63, 3.8) is 0 Å². The van der Waals surface area contributed by atoms with Crippen LogP contribution in [0.2, 0.25) is 0 Å². The van der Waals surface area contributed by atoms with Gasteiger partial charge in [0.2, 0.25) is 0 Å². The topological polar surface area (TPSA) is 3.24 Å². The van der Waals surface area contributed by atoms with Gasteiger partial charge >= 0.3 is 0 Å². The maximum atomic E-state index is 2.46. The van der Waals surface area contributed by atoms with Gasteiger partial charge in [-0.05, 0) is 86.3 Å². The summed E-state index contributed by atoms with van der Waals surface area (Å²) in [5.41, 5.74) is 8.92. The minimum absolute atomic E-state index is 0.962. The Balaban J connectivity index is 1.24. The van der Waals surface area contributed by atoms with Crippen LogP contribution in [0.25, 0.3) is 49.0 Å². The van der Waals surface area contributed by atoms with E-state index in [0.29, 0.717) is 0 Å². The standard InChI is InChI=1S/C42H31N/c1-4-16-37-30(10-1)13-7-19-39(37)33-22-26-35(27-23-33)43(42-21-9-15-32-12-3-6-18-41(32)42)36-28-24-34(25-29-36)40-20-8-14-31-11-2-5-17-38(31)40/h1-24,26-28H,25,29H2. The van der Waals surface area contributed by atoms with E-state index in [1.807, 2.05) is 0 Å². The molecule has 0 amide bonds. The molecule has 0 N–H and O–H groups in total. The van der Waals surface area contributed by atoms with Crippen molar-refractivity contribution in [2.45, 2.75) is 12.8 Å². The molecule has 0 spiro atoms. The molecular formula is C42H31N. The van der Waals surface area contributed by atoms with Gasteiger partial charge in [-0.2, -0.15) is 0 Å². The fourth-order valence-electron chi connectivity index (χ4n) is 6.67. The zero-order valence-electron chi connectivity index (χ0n) is 23.9. The van der Waals surface area contributed by atoms with Gasteiger partial charge in [-0.3, -0.25) is 0 Å². The largest absolute Gasteiger partial charge is 0.314 e. The lowest BCUT2D eigenvalue weighted by Crippen LogP contribution is -2.18. The van der Waals surface area contributed by atoms with E-state index in [1.54, 1.807) is 0 Å². The molecule has 0 bridgehead atoms. The van der Waals surface area contributed by atoms with Crippen LogP contribution in [0.15, 0.2) is 170 Å². The highest BCUT2D eigenvalue weighted by Crippen LogP contribution is 2.41. The monoisotopic (exact) mass is 549 g/mol. The van der Waals surface area contributed by atoms with Crippen LogP contribution in [0.4, 0.5) is 11.4 Å². The zero-order chi connectivity index (χ0) is 28.6. The molecule has 0 radical (unpaired) electrons. The van der Waals surface area contributed by atoms with E-state index in [4.69, 9.17) is 0 Å². The molecule has 0 saturated heterocycles. The molecule has 43 heavy (non-hydrogen) atoms. The highest BCUT2D eigenvalue weighted by Gasteiger charge is 2.20. The molecule has 1 aliphatic carbocycles. The predicted molar refractivity (Wildman–Crippen MR) is 185 cm³/mol. The average Bonchev–Trinajstić information content (AvgIpc) is 3.09. The summed E-state index contributed by atoms with van der Waals surface area (Å²) < 4.78 is 0. The minimum Gasteiger partial charge on any atom is -0.314 e. The summed E-state index contributed by atoms with van der Waals surface area (Å²) in [6, 6.07) is 55.0. The van der Waals surface area contributed by atoms with Crippen molar-refractivity contribution in [1.29, 1.82) is 0 Å². The quantitative estimate of drug-likeness (QED) is 0.206. The molecule has 1 aliphatic rings. The van der Waals surface area contributed by atoms with E-state index in [0.717, 1.165) is 12.8 Å². The van der Waals surface area contributed by atoms with Gasteiger partial charge in [-0.25, -0.2) is 0 Å². The number of hydrogen-bond donors (Lipinski definition) is 0. The van der Waals surface area contributed by atoms with Crippen molar-refractivity contribution in [3.8, 4) is 11.1 Å². The van der Waals surface area contributed by atoms with Gasteiger partial charge in [0.25, 0.3) is 0 Å². The first-order valence-electron chi connectivity index (χ1n) is 15.1. The lowest BCUT2D eigenvalue weighted by Gasteiger charge is -2.31. The van der Waals surface area contributed by atoms with Crippen molar-refractivity contribution in [2.75, 3.05) is 4.90 Å². The van der Waals surface area contributed by atoms with Crippen LogP contribution in [-0.2, 0) is 0 Å². The third-order valence-corrected chi connectivity index (χ3v) is 8.78. The Labute approximate surface area is 252 Å². The van der Waals surface area contributed by atoms with Crippen LogP contribution in [0.3, 0.4) is 0 Å². The molecule has 0 fully saturated rings. The molecule has 204 valence electrons. The first kappa shape index (κ1) is 25.3. The Morgan fingerprint density at radius 2 is 0.930 bits per heavy atom. The van der Waals surface area contributed by atoms with Crippen LogP contribution >= 0.6 is 0 Å². The van der Waals surface area contributed by atoms with E-state index in [2.05, 4.69) is 169 Å². The van der Waals surface area contributed by atoms with Gasteiger partial charge in [0.05, 0.1) is 5.69 Å². The number of rotatable bonds is 5. The lowest BCUT2D eigenvalue weighted by molar-refractivity contribution is 0.933. The summed E-state index contributed by atoms with van der Waals surface area (Å²) in [5.74, 6) is 0. The molecule has 7 aromatic carbocycles. The van der Waals surface area contributed by atoms with Crippen LogP contribution in [-0.4, -0.2) is 0 Å². The summed E-state index contributed by atoms with van der Waals surface area (Å²) in [6.07, 6.45) is 6.63. The normalized spacial score (nSPS) is 13.2. The maximum Gasteiger partial charge on any atom is 0.0536 e. The van der Waals surface area contributed by atoms with Gasteiger partial charge < -0.3 is 4.90 Å². The van der Waals surface area contributed by atoms with E-state index < -0.39 is 0 Å². The van der Waals surface area contributed by atoms with Crippen molar-refractivity contribution < 1.29 is 0 Å². The summed E-state index contributed by atoms with van der Waals surface area (Å²) in [4.78, 5) is 2.46. The molecule has 0 saturated carbocycles. The van der Waals surface area contributed by atoms with Crippen LogP contribution < -0.4 is 4.90 Å². The second kappa shape index (κ2) is 10.8. The Hall–Kier alpha value is -5.40. The van der Waals surface area contributed by atoms with E-state index in [-0.39, 0.29) is 0 Å². The lowest BCUT2D eigenvalue weighted by atomic mass is 9.91. The smallest absolute Gasteiger partial charge is 0.0536 e. The number of benzene rings is 7. The molecule has 0 atom stereocenters. The third-order valence-electron chi connectivity index (χ3n) is 8.78. The number of allylic oxidation sites excluding steroid dienone is 4. The van der Waals surface area contributed by atoms with Crippen LogP contribution in [0, 0.1) is 0 Å². The summed E-state index contributed by atoms with van der Waals surface area (Å²) in [6.45, 7) is 0. The molecule has 1 nitrogen and oxygen atoms in total. The molecule has 0 aromatic heterocycles. The summed E-state index contributed by atoms with van der Waals surface area (Å²) in [5, 5.41) is 7.67. The molecule has 0 aliphatic heterocycles. The van der Waals surface area contributed by atoms with Crippen LogP contribution in [0.5, 0.6) is 0 Å². The van der Waals surface area contributed by atoms with Crippen LogP contribution in [0.1, 0.15) is 18.4 Å². The number of fused-ring (bicyclic) bond motifs is 3. The third kappa shape index (κ3) is 4.60. The van der Waals surface area contributed by atoms with Gasteiger partial charge in [0.1, 0.15) is 0 Å². The number of anilines is 2. The fourth-order valence-corrected chi connectivity index (χ4v) is 6.67. The van der Waals surface area contributed by atoms with Crippen molar-refractivity contribution in [2.24, 2.45) is 0 Å². The molecule has 1 heteroatoms. The predicted octanol–water partition coefficient (Wildman–Crippen LogP) is 11.7. The van der Waals surface area contributed by atoms with Crippen molar-refractivity contribution in [1.82, 2.24) is 0 Å². The van der Waals surface area contributed by atoms with Gasteiger partial charge in [-0.1, -0.05) is 140 Å². The Morgan fingerprint density at radius 3 is 1.58 bits per heavy atom. The van der Waals surface area contributed by atoms with E-state index in [9.17, 15) is 0 Å². The van der Waals surface area contributed by atoms with Crippen molar-refractivity contribution in [3.05, 3.63) is 175 Å². The van der Waals surface area contributed by atoms with Crippen molar-refractivity contribution >= 4 is 49.3 Å². The molecule has 0 heterocycles. The Morgan fingerprint density at radius 1 is 0.395 bits per heavy atom. The maximum absolute atomic E-state index is 2.46. The minimum atomic E-state index is 0.962. The zero-order valence-corrected chi connectivity index (χ0v) is 23.9. The molecule has 0 unspecified atom stereocenters. The van der Waals surface area contributed by atoms with Gasteiger partial charge in [0.15, 0.2) is 0 Å². The number of hydrogen-bond acceptors (Lipinski definition) is 1. The first-order valence-corrected chi connectivity index (χ1v) is 15.1. The molecule has 8 rings (SSSR count). The van der Waals surface area contributed by atoms with Gasteiger partial charge in [-0.15, -0.1) is 0 Å². The summed E-state index contributed by atoms with van der Waals surface area (Å²) >= 11 is 0. The average molecular weight is 550 g/mol. The second-order valence-corrected chi connectivity index (χ2v) is 11.3. The Bertz CT molecular complexity index is 2170. The Kier molecular flexibility index (Phi) is 6.35. The molecular weight excluding hydrogens is 518 g/mol. The SMILES string of the molecule is C1=C(c2cccc3ccccc23)CCC(N(c2ccc(-c3cccc4ccccc34)cc2)c2cccc3ccccc23)=C1. The highest BCUT2D eigenvalue weighted by atomic mass is 15.1. The van der Waals surface area contributed by atoms with Gasteiger partial charge in [0, 0.05) is 16.8 Å². The fraction of sp³-hybridized carbons (Fsp3) is 0.0476. The summed E-state index contributed by atoms with van der Waals surface area (Å²) in [7, 11) is 0. The van der Waals surface area contributed by atoms with E-state index in [1.165, 1.54) is 71.7 Å². The second-order valence-electron chi connectivity index (χ2n) is 11.3. The highest BCUT2D eigenvalue weighted by molar-refractivity contribution is 5.99. The van der Waals surface area contributed by atoms with E-state index >= 15 is 0 Å². The molecule has 7 aromatic rings. The number of nitrogens with zero attached hydrogens (tertiary/aromatic N) is 1. The first-order chi connectivity index (χ1) is 21.3.